The summed E-state index contributed by atoms with van der Waals surface area (Å²) in [5.41, 5.74) is 0. The van der Waals surface area contributed by atoms with Crippen molar-refractivity contribution in [1.29, 1.82) is 0 Å². The van der Waals surface area contributed by atoms with Gasteiger partial charge in [-0.05, 0) is 24.8 Å². The van der Waals surface area contributed by atoms with Crippen LogP contribution in [0.4, 0.5) is 4.79 Å². The number of carbonyl (C=O) groups excluding carboxylic acids is 1. The summed E-state index contributed by atoms with van der Waals surface area (Å²) in [6.07, 6.45) is -0.153. The van der Waals surface area contributed by atoms with E-state index >= 15 is 0 Å². The first-order valence-corrected chi connectivity index (χ1v) is 8.75. The van der Waals surface area contributed by atoms with Crippen molar-refractivity contribution in [2.45, 2.75) is 33.8 Å². The Bertz CT molecular complexity index is 407. The lowest BCUT2D eigenvalue weighted by Gasteiger charge is -2.35. The number of hydrogen-bond acceptors (Lipinski definition) is 4. The zero-order chi connectivity index (χ0) is 18.3. The van der Waals surface area contributed by atoms with E-state index in [2.05, 4.69) is 33.0 Å². The number of hydrogen-bond donors (Lipinski definition) is 2. The highest BCUT2D eigenvalue weighted by Crippen LogP contribution is 2.19. The summed E-state index contributed by atoms with van der Waals surface area (Å²) >= 11 is 0. The van der Waals surface area contributed by atoms with Crippen LogP contribution in [0, 0.1) is 17.8 Å². The quantitative estimate of drug-likeness (QED) is 0.695. The van der Waals surface area contributed by atoms with Gasteiger partial charge in [0.05, 0.1) is 19.3 Å². The molecule has 0 aromatic carbocycles. The SMILES string of the molecule is CC(C)C(CNC(=O)N1CCOC(CN(C)CC(=O)O)C1)C(C)C. The van der Waals surface area contributed by atoms with E-state index < -0.39 is 5.97 Å². The number of urea groups is 1. The van der Waals surface area contributed by atoms with Crippen LogP contribution >= 0.6 is 0 Å². The number of carboxylic acids is 1. The van der Waals surface area contributed by atoms with Gasteiger partial charge in [0.2, 0.25) is 0 Å². The Balaban J connectivity index is 2.45. The van der Waals surface area contributed by atoms with E-state index in [4.69, 9.17) is 9.84 Å². The van der Waals surface area contributed by atoms with Crippen LogP contribution in [0.25, 0.3) is 0 Å². The van der Waals surface area contributed by atoms with Crippen molar-refractivity contribution < 1.29 is 19.4 Å². The van der Waals surface area contributed by atoms with Gasteiger partial charge < -0.3 is 20.1 Å². The van der Waals surface area contributed by atoms with E-state index in [-0.39, 0.29) is 18.7 Å². The largest absolute Gasteiger partial charge is 0.480 e. The number of aliphatic carboxylic acids is 1. The minimum Gasteiger partial charge on any atom is -0.480 e. The van der Waals surface area contributed by atoms with E-state index in [1.165, 1.54) is 0 Å². The fourth-order valence-corrected chi connectivity index (χ4v) is 3.22. The predicted octanol–water partition coefficient (Wildman–Crippen LogP) is 1.34. The molecule has 24 heavy (non-hydrogen) atoms. The monoisotopic (exact) mass is 343 g/mol. The maximum absolute atomic E-state index is 12.4. The molecular weight excluding hydrogens is 310 g/mol. The van der Waals surface area contributed by atoms with Gasteiger partial charge in [0.1, 0.15) is 0 Å². The molecule has 0 spiro atoms. The molecule has 0 radical (unpaired) electrons. The molecular formula is C17H33N3O4. The number of nitrogens with one attached hydrogen (secondary N) is 1. The number of morpholine rings is 1. The number of carbonyl (C=O) groups is 2. The molecule has 1 fully saturated rings. The minimum absolute atomic E-state index is 0.0312. The zero-order valence-electron chi connectivity index (χ0n) is 15.6. The summed E-state index contributed by atoms with van der Waals surface area (Å²) < 4.78 is 5.66. The third-order valence-electron chi connectivity index (χ3n) is 4.55. The summed E-state index contributed by atoms with van der Waals surface area (Å²) in [6, 6.07) is -0.0597. The molecule has 0 bridgehead atoms. The molecule has 1 unspecified atom stereocenters. The van der Waals surface area contributed by atoms with Crippen molar-refractivity contribution in [2.75, 3.05) is 46.4 Å². The third-order valence-corrected chi connectivity index (χ3v) is 4.55. The lowest BCUT2D eigenvalue weighted by atomic mass is 9.85. The number of likely N-dealkylation sites (N-methyl/N-ethyl adjacent to an activating group) is 1. The second-order valence-electron chi connectivity index (χ2n) is 7.37. The average Bonchev–Trinajstić information content (AvgIpc) is 2.45. The number of rotatable bonds is 8. The zero-order valence-corrected chi connectivity index (χ0v) is 15.6. The molecule has 1 rings (SSSR count). The topological polar surface area (TPSA) is 82.1 Å². The molecule has 140 valence electrons. The Labute approximate surface area is 145 Å². The predicted molar refractivity (Wildman–Crippen MR) is 93.0 cm³/mol. The Morgan fingerprint density at radius 1 is 1.29 bits per heavy atom. The van der Waals surface area contributed by atoms with Crippen molar-refractivity contribution in [2.24, 2.45) is 17.8 Å². The van der Waals surface area contributed by atoms with Crippen molar-refractivity contribution in [1.82, 2.24) is 15.1 Å². The highest BCUT2D eigenvalue weighted by molar-refractivity contribution is 5.74. The summed E-state index contributed by atoms with van der Waals surface area (Å²) in [6.45, 7) is 11.4. The normalized spacial score (nSPS) is 18.7. The fraction of sp³-hybridized carbons (Fsp3) is 0.882. The van der Waals surface area contributed by atoms with Gasteiger partial charge in [-0.3, -0.25) is 9.69 Å². The Morgan fingerprint density at radius 2 is 1.92 bits per heavy atom. The second-order valence-corrected chi connectivity index (χ2v) is 7.37. The molecule has 2 amide bonds. The van der Waals surface area contributed by atoms with E-state index in [0.717, 1.165) is 0 Å². The molecule has 2 N–H and O–H groups in total. The molecule has 1 heterocycles. The maximum atomic E-state index is 12.4. The van der Waals surface area contributed by atoms with Crippen LogP contribution in [0.5, 0.6) is 0 Å². The molecule has 0 saturated carbocycles. The standard InChI is InChI=1S/C17H33N3O4/c1-12(2)15(13(3)4)8-18-17(23)20-6-7-24-14(10-20)9-19(5)11-16(21)22/h12-15H,6-11H2,1-5H3,(H,18,23)(H,21,22). The van der Waals surface area contributed by atoms with Gasteiger partial charge in [0, 0.05) is 26.2 Å². The van der Waals surface area contributed by atoms with Crippen molar-refractivity contribution in [3.63, 3.8) is 0 Å². The van der Waals surface area contributed by atoms with E-state index in [1.807, 2.05) is 0 Å². The molecule has 1 aliphatic rings. The summed E-state index contributed by atoms with van der Waals surface area (Å²) in [5, 5.41) is 11.9. The fourth-order valence-electron chi connectivity index (χ4n) is 3.22. The van der Waals surface area contributed by atoms with Gasteiger partial charge in [-0.25, -0.2) is 4.79 Å². The third kappa shape index (κ3) is 7.05. The van der Waals surface area contributed by atoms with Crippen LogP contribution in [0.1, 0.15) is 27.7 Å². The van der Waals surface area contributed by atoms with Gasteiger partial charge in [-0.15, -0.1) is 0 Å². The van der Waals surface area contributed by atoms with Crippen LogP contribution in [-0.4, -0.2) is 79.4 Å². The van der Waals surface area contributed by atoms with Gasteiger partial charge in [0.15, 0.2) is 0 Å². The Kier molecular flexibility index (Phi) is 8.48. The van der Waals surface area contributed by atoms with Gasteiger partial charge >= 0.3 is 12.0 Å². The van der Waals surface area contributed by atoms with E-state index in [0.29, 0.717) is 50.5 Å². The Morgan fingerprint density at radius 3 is 2.46 bits per heavy atom. The average molecular weight is 343 g/mol. The summed E-state index contributed by atoms with van der Waals surface area (Å²) in [5.74, 6) is 0.628. The second kappa shape index (κ2) is 9.84. The molecule has 0 aromatic heterocycles. The molecule has 1 aliphatic heterocycles. The first-order valence-electron chi connectivity index (χ1n) is 8.75. The lowest BCUT2D eigenvalue weighted by molar-refractivity contribution is -0.138. The van der Waals surface area contributed by atoms with Crippen LogP contribution in [0.2, 0.25) is 0 Å². The van der Waals surface area contributed by atoms with Crippen molar-refractivity contribution in [3.05, 3.63) is 0 Å². The van der Waals surface area contributed by atoms with Gasteiger partial charge in [0.25, 0.3) is 0 Å². The Hall–Kier alpha value is -1.34. The molecule has 0 aliphatic carbocycles. The molecule has 1 atom stereocenters. The van der Waals surface area contributed by atoms with Crippen LogP contribution in [0.3, 0.4) is 0 Å². The smallest absolute Gasteiger partial charge is 0.317 e. The highest BCUT2D eigenvalue weighted by atomic mass is 16.5. The van der Waals surface area contributed by atoms with Gasteiger partial charge in [-0.2, -0.15) is 0 Å². The first kappa shape index (κ1) is 20.7. The lowest BCUT2D eigenvalue weighted by Crippen LogP contribution is -2.53. The van der Waals surface area contributed by atoms with Crippen molar-refractivity contribution in [3.8, 4) is 0 Å². The highest BCUT2D eigenvalue weighted by Gasteiger charge is 2.26. The van der Waals surface area contributed by atoms with Crippen molar-refractivity contribution >= 4 is 12.0 Å². The summed E-state index contributed by atoms with van der Waals surface area (Å²) in [4.78, 5) is 26.6. The molecule has 0 aromatic rings. The van der Waals surface area contributed by atoms with Crippen LogP contribution in [0.15, 0.2) is 0 Å². The number of amides is 2. The van der Waals surface area contributed by atoms with E-state index in [9.17, 15) is 9.59 Å². The van der Waals surface area contributed by atoms with Crippen LogP contribution in [-0.2, 0) is 9.53 Å². The van der Waals surface area contributed by atoms with Crippen LogP contribution < -0.4 is 5.32 Å². The number of nitrogens with zero attached hydrogens (tertiary/aromatic N) is 2. The minimum atomic E-state index is -0.865. The van der Waals surface area contributed by atoms with Gasteiger partial charge in [-0.1, -0.05) is 27.7 Å². The molecule has 7 nitrogen and oxygen atoms in total. The maximum Gasteiger partial charge on any atom is 0.317 e. The molecule has 1 saturated heterocycles. The summed E-state index contributed by atoms with van der Waals surface area (Å²) in [7, 11) is 1.74. The first-order chi connectivity index (χ1) is 11.2. The number of ether oxygens (including phenoxy) is 1. The van der Waals surface area contributed by atoms with E-state index in [1.54, 1.807) is 16.8 Å². The molecule has 7 heteroatoms. The number of carboxylic acid groups (broad SMARTS) is 1.